The van der Waals surface area contributed by atoms with E-state index in [1.807, 2.05) is 4.90 Å². The van der Waals surface area contributed by atoms with Gasteiger partial charge in [-0.2, -0.15) is 0 Å². The molecule has 2 atom stereocenters. The van der Waals surface area contributed by atoms with Crippen molar-refractivity contribution < 1.29 is 9.90 Å². The number of amides is 1. The maximum absolute atomic E-state index is 12.7. The zero-order chi connectivity index (χ0) is 16.5. The summed E-state index contributed by atoms with van der Waals surface area (Å²) in [5.41, 5.74) is 0.636. The van der Waals surface area contributed by atoms with Crippen molar-refractivity contribution in [3.05, 3.63) is 48.4 Å². The van der Waals surface area contributed by atoms with E-state index < -0.39 is 0 Å². The summed E-state index contributed by atoms with van der Waals surface area (Å²) >= 11 is 0. The van der Waals surface area contributed by atoms with Crippen molar-refractivity contribution in [2.45, 2.75) is 6.42 Å². The third-order valence-electron chi connectivity index (χ3n) is 5.08. The smallest absolute Gasteiger partial charge is 0.253 e. The average molecular weight is 324 g/mol. The third kappa shape index (κ3) is 2.79. The van der Waals surface area contributed by atoms with Crippen molar-refractivity contribution >= 4 is 11.7 Å². The second-order valence-corrected chi connectivity index (χ2v) is 6.58. The van der Waals surface area contributed by atoms with E-state index in [4.69, 9.17) is 0 Å². The highest BCUT2D eigenvalue weighted by atomic mass is 16.3. The van der Waals surface area contributed by atoms with Crippen molar-refractivity contribution in [2.75, 3.05) is 31.1 Å². The number of piperidine rings is 1. The fraction of sp³-hybridized carbons (Fsp3) is 0.389. The van der Waals surface area contributed by atoms with Crippen LogP contribution in [-0.4, -0.2) is 52.1 Å². The van der Waals surface area contributed by atoms with Crippen LogP contribution >= 0.6 is 0 Å². The van der Waals surface area contributed by atoms with E-state index in [1.165, 1.54) is 0 Å². The largest absolute Gasteiger partial charge is 0.508 e. The highest BCUT2D eigenvalue weighted by Crippen LogP contribution is 2.33. The number of aromatic nitrogens is 2. The van der Waals surface area contributed by atoms with Gasteiger partial charge in [-0.05, 0) is 42.5 Å². The van der Waals surface area contributed by atoms with Crippen molar-refractivity contribution in [3.8, 4) is 5.75 Å². The number of carbonyl (C=O) groups excluding carboxylic acids is 1. The fourth-order valence-electron chi connectivity index (χ4n) is 3.78. The second kappa shape index (κ2) is 6.11. The van der Waals surface area contributed by atoms with Crippen molar-refractivity contribution in [1.82, 2.24) is 14.9 Å². The molecule has 2 saturated heterocycles. The molecule has 3 heterocycles. The van der Waals surface area contributed by atoms with Crippen LogP contribution in [0.3, 0.4) is 0 Å². The van der Waals surface area contributed by atoms with E-state index in [2.05, 4.69) is 14.9 Å². The van der Waals surface area contributed by atoms with Crippen LogP contribution < -0.4 is 4.90 Å². The number of anilines is 1. The number of aromatic hydroxyl groups is 1. The predicted molar refractivity (Wildman–Crippen MR) is 89.9 cm³/mol. The molecule has 1 aromatic carbocycles. The molecule has 1 N–H and O–H groups in total. The summed E-state index contributed by atoms with van der Waals surface area (Å²) in [5.74, 6) is 2.18. The summed E-state index contributed by atoms with van der Waals surface area (Å²) in [7, 11) is 0. The maximum Gasteiger partial charge on any atom is 0.253 e. The lowest BCUT2D eigenvalue weighted by Crippen LogP contribution is -2.40. The highest BCUT2D eigenvalue weighted by Gasteiger charge is 2.39. The molecule has 0 saturated carbocycles. The summed E-state index contributed by atoms with van der Waals surface area (Å²) in [6, 6.07) is 6.50. The van der Waals surface area contributed by atoms with Crippen LogP contribution in [0.4, 0.5) is 5.82 Å². The Kier molecular flexibility index (Phi) is 3.80. The third-order valence-corrected chi connectivity index (χ3v) is 5.08. The van der Waals surface area contributed by atoms with Crippen LogP contribution in [-0.2, 0) is 0 Å². The van der Waals surface area contributed by atoms with Gasteiger partial charge in [0, 0.05) is 44.1 Å². The number of phenols is 1. The Labute approximate surface area is 140 Å². The molecule has 0 spiro atoms. The first kappa shape index (κ1) is 14.9. The molecule has 6 nitrogen and oxygen atoms in total. The number of phenolic OH excluding ortho intramolecular Hbond substituents is 1. The van der Waals surface area contributed by atoms with E-state index >= 15 is 0 Å². The Morgan fingerprint density at radius 2 is 1.88 bits per heavy atom. The molecule has 0 radical (unpaired) electrons. The fourth-order valence-corrected chi connectivity index (χ4v) is 3.78. The quantitative estimate of drug-likeness (QED) is 0.912. The van der Waals surface area contributed by atoms with Crippen LogP contribution in [0.25, 0.3) is 0 Å². The number of fused-ring (bicyclic) bond motifs is 1. The first-order valence-corrected chi connectivity index (χ1v) is 8.30. The average Bonchev–Trinajstić information content (AvgIpc) is 3.06. The molecule has 0 bridgehead atoms. The first-order valence-electron chi connectivity index (χ1n) is 8.30. The summed E-state index contributed by atoms with van der Waals surface area (Å²) in [6.07, 6.45) is 6.27. The van der Waals surface area contributed by atoms with Crippen molar-refractivity contribution in [1.29, 1.82) is 0 Å². The van der Waals surface area contributed by atoms with Gasteiger partial charge in [0.2, 0.25) is 0 Å². The van der Waals surface area contributed by atoms with Crippen molar-refractivity contribution in [3.63, 3.8) is 0 Å². The number of benzene rings is 1. The van der Waals surface area contributed by atoms with Gasteiger partial charge in [-0.1, -0.05) is 0 Å². The predicted octanol–water partition coefficient (Wildman–Crippen LogP) is 1.78. The molecule has 0 unspecified atom stereocenters. The van der Waals surface area contributed by atoms with E-state index in [0.29, 0.717) is 17.4 Å². The van der Waals surface area contributed by atoms with E-state index in [9.17, 15) is 9.90 Å². The molecule has 1 aromatic heterocycles. The molecule has 0 aliphatic carbocycles. The van der Waals surface area contributed by atoms with Crippen LogP contribution in [0.5, 0.6) is 5.75 Å². The first-order chi connectivity index (χ1) is 11.7. The summed E-state index contributed by atoms with van der Waals surface area (Å²) in [5, 5.41) is 9.37. The minimum absolute atomic E-state index is 0.0513. The van der Waals surface area contributed by atoms with Gasteiger partial charge in [0.15, 0.2) is 0 Å². The number of carbonyl (C=O) groups is 1. The van der Waals surface area contributed by atoms with E-state index in [-0.39, 0.29) is 11.7 Å². The minimum Gasteiger partial charge on any atom is -0.508 e. The molecular weight excluding hydrogens is 304 g/mol. The molecule has 124 valence electrons. The zero-order valence-electron chi connectivity index (χ0n) is 13.4. The zero-order valence-corrected chi connectivity index (χ0v) is 13.4. The van der Waals surface area contributed by atoms with Gasteiger partial charge in [0.1, 0.15) is 11.6 Å². The number of hydrogen-bond donors (Lipinski definition) is 1. The van der Waals surface area contributed by atoms with Crippen LogP contribution in [0, 0.1) is 11.8 Å². The van der Waals surface area contributed by atoms with Gasteiger partial charge >= 0.3 is 0 Å². The lowest BCUT2D eigenvalue weighted by Gasteiger charge is -2.34. The molecule has 2 aromatic rings. The Hall–Kier alpha value is -2.63. The Balaban J connectivity index is 1.44. The number of nitrogens with zero attached hydrogens (tertiary/aromatic N) is 4. The number of rotatable bonds is 2. The normalized spacial score (nSPS) is 23.2. The van der Waals surface area contributed by atoms with Gasteiger partial charge in [0.05, 0.1) is 6.20 Å². The number of hydrogen-bond acceptors (Lipinski definition) is 5. The molecular formula is C18H20N4O2. The number of likely N-dealkylation sites (tertiary alicyclic amines) is 1. The SMILES string of the molecule is O=C(c1ccc(O)cc1)N1C[C@@H]2CN(c3cnccn3)CC[C@H]2C1. The summed E-state index contributed by atoms with van der Waals surface area (Å²) < 4.78 is 0. The minimum atomic E-state index is 0.0513. The molecule has 4 rings (SSSR count). The van der Waals surface area contributed by atoms with Gasteiger partial charge in [-0.15, -0.1) is 0 Å². The molecule has 2 aliphatic heterocycles. The Morgan fingerprint density at radius 1 is 1.08 bits per heavy atom. The Bertz CT molecular complexity index is 720. The monoisotopic (exact) mass is 324 g/mol. The van der Waals surface area contributed by atoms with E-state index in [0.717, 1.165) is 38.4 Å². The van der Waals surface area contributed by atoms with Crippen molar-refractivity contribution in [2.24, 2.45) is 11.8 Å². The highest BCUT2D eigenvalue weighted by molar-refractivity contribution is 5.94. The van der Waals surface area contributed by atoms with Gasteiger partial charge in [-0.25, -0.2) is 4.98 Å². The Morgan fingerprint density at radius 3 is 2.62 bits per heavy atom. The maximum atomic E-state index is 12.7. The summed E-state index contributed by atoms with van der Waals surface area (Å²) in [4.78, 5) is 25.4. The molecule has 6 heteroatoms. The molecule has 24 heavy (non-hydrogen) atoms. The van der Waals surface area contributed by atoms with Gasteiger partial charge < -0.3 is 14.9 Å². The van der Waals surface area contributed by atoms with E-state index in [1.54, 1.807) is 42.9 Å². The topological polar surface area (TPSA) is 69.6 Å². The standard InChI is InChI=1S/C18H20N4O2/c23-16-3-1-13(2-4-16)18(24)22-10-14-5-8-21(11-15(14)12-22)17-9-19-6-7-20-17/h1-4,6-7,9,14-15,23H,5,8,10-12H2/t14-,15-/m0/s1. The molecule has 2 aliphatic rings. The van der Waals surface area contributed by atoms with Crippen LogP contribution in [0.1, 0.15) is 16.8 Å². The lowest BCUT2D eigenvalue weighted by atomic mass is 9.89. The summed E-state index contributed by atoms with van der Waals surface area (Å²) in [6.45, 7) is 3.48. The van der Waals surface area contributed by atoms with Gasteiger partial charge in [0.25, 0.3) is 5.91 Å². The van der Waals surface area contributed by atoms with Crippen LogP contribution in [0.2, 0.25) is 0 Å². The van der Waals surface area contributed by atoms with Gasteiger partial charge in [-0.3, -0.25) is 9.78 Å². The molecule has 1 amide bonds. The second-order valence-electron chi connectivity index (χ2n) is 6.58. The lowest BCUT2D eigenvalue weighted by molar-refractivity contribution is 0.0784. The van der Waals surface area contributed by atoms with Crippen LogP contribution in [0.15, 0.2) is 42.9 Å². The molecule has 2 fully saturated rings.